The number of anilines is 1. The maximum Gasteiger partial charge on any atom is 0.269 e. The van der Waals surface area contributed by atoms with Crippen LogP contribution >= 0.6 is 0 Å². The molecule has 0 aliphatic rings. The summed E-state index contributed by atoms with van der Waals surface area (Å²) in [5, 5.41) is 10.7. The molecule has 0 saturated carbocycles. The second kappa shape index (κ2) is 8.62. The topological polar surface area (TPSA) is 63.5 Å². The van der Waals surface area contributed by atoms with Crippen molar-refractivity contribution in [3.8, 4) is 0 Å². The summed E-state index contributed by atoms with van der Waals surface area (Å²) in [6.07, 6.45) is 5.10. The molecule has 0 unspecified atom stereocenters. The molecule has 0 aliphatic heterocycles. The second-order valence-corrected chi connectivity index (χ2v) is 5.36. The summed E-state index contributed by atoms with van der Waals surface area (Å²) < 4.78 is 0. The van der Waals surface area contributed by atoms with Crippen LogP contribution in [-0.4, -0.2) is 17.4 Å². The fourth-order valence-electron chi connectivity index (χ4n) is 2.26. The van der Waals surface area contributed by atoms with Gasteiger partial charge in [-0.1, -0.05) is 31.5 Å². The minimum atomic E-state index is -0.444. The Hall–Kier alpha value is -2.95. The number of unbranched alkanes of at least 4 members (excludes halogenated alkanes) is 1. The molecule has 2 aromatic carbocycles. The molecular formula is C19H20N2O3. The molecule has 0 heterocycles. The maximum absolute atomic E-state index is 12.5. The van der Waals surface area contributed by atoms with E-state index in [2.05, 4.69) is 6.92 Å². The van der Waals surface area contributed by atoms with Crippen molar-refractivity contribution < 1.29 is 9.72 Å². The third-order valence-electron chi connectivity index (χ3n) is 3.59. The minimum absolute atomic E-state index is 0.0346. The highest BCUT2D eigenvalue weighted by Crippen LogP contribution is 2.16. The van der Waals surface area contributed by atoms with Crippen LogP contribution in [0.1, 0.15) is 25.3 Å². The number of amides is 1. The van der Waals surface area contributed by atoms with Crippen molar-refractivity contribution in [3.63, 3.8) is 0 Å². The van der Waals surface area contributed by atoms with E-state index in [1.54, 1.807) is 23.1 Å². The zero-order valence-electron chi connectivity index (χ0n) is 13.6. The Bertz CT molecular complexity index is 709. The van der Waals surface area contributed by atoms with E-state index in [0.29, 0.717) is 6.54 Å². The molecule has 0 spiro atoms. The van der Waals surface area contributed by atoms with Gasteiger partial charge in [-0.05, 0) is 42.3 Å². The van der Waals surface area contributed by atoms with Crippen molar-refractivity contribution in [1.82, 2.24) is 0 Å². The Morgan fingerprint density at radius 2 is 1.79 bits per heavy atom. The fraction of sp³-hybridized carbons (Fsp3) is 0.211. The molecule has 0 saturated heterocycles. The van der Waals surface area contributed by atoms with Crippen LogP contribution < -0.4 is 4.90 Å². The van der Waals surface area contributed by atoms with Gasteiger partial charge in [0.2, 0.25) is 0 Å². The zero-order chi connectivity index (χ0) is 17.4. The van der Waals surface area contributed by atoms with Crippen molar-refractivity contribution in [2.45, 2.75) is 19.8 Å². The predicted molar refractivity (Wildman–Crippen MR) is 95.8 cm³/mol. The first-order valence-corrected chi connectivity index (χ1v) is 7.91. The van der Waals surface area contributed by atoms with Crippen LogP contribution in [0.4, 0.5) is 11.4 Å². The van der Waals surface area contributed by atoms with E-state index in [0.717, 1.165) is 24.1 Å². The van der Waals surface area contributed by atoms with Crippen LogP contribution in [0.25, 0.3) is 6.08 Å². The molecule has 2 aromatic rings. The standard InChI is InChI=1S/C19H20N2O3/c1-2-3-15-20(17-7-5-4-6-8-17)19(22)14-11-16-9-12-18(13-10-16)21(23)24/h4-14H,2-3,15H2,1H3/b14-11+. The lowest BCUT2D eigenvalue weighted by atomic mass is 10.2. The first kappa shape index (κ1) is 17.4. The number of carbonyl (C=O) groups is 1. The monoisotopic (exact) mass is 324 g/mol. The third kappa shape index (κ3) is 4.78. The summed E-state index contributed by atoms with van der Waals surface area (Å²) >= 11 is 0. The van der Waals surface area contributed by atoms with Crippen molar-refractivity contribution >= 4 is 23.4 Å². The van der Waals surface area contributed by atoms with Gasteiger partial charge < -0.3 is 4.90 Å². The SMILES string of the molecule is CCCCN(C(=O)/C=C/c1ccc([N+](=O)[O-])cc1)c1ccccc1. The molecule has 124 valence electrons. The Kier molecular flexibility index (Phi) is 6.25. The first-order chi connectivity index (χ1) is 11.6. The summed E-state index contributed by atoms with van der Waals surface area (Å²) in [5.41, 5.74) is 1.65. The fourth-order valence-corrected chi connectivity index (χ4v) is 2.26. The molecule has 0 bridgehead atoms. The number of nitro benzene ring substituents is 1. The average Bonchev–Trinajstić information content (AvgIpc) is 2.61. The van der Waals surface area contributed by atoms with Crippen molar-refractivity contribution in [2.24, 2.45) is 0 Å². The van der Waals surface area contributed by atoms with E-state index in [4.69, 9.17) is 0 Å². The average molecular weight is 324 g/mol. The van der Waals surface area contributed by atoms with Gasteiger partial charge in [0.1, 0.15) is 0 Å². The number of hydrogen-bond acceptors (Lipinski definition) is 3. The molecule has 5 nitrogen and oxygen atoms in total. The lowest BCUT2D eigenvalue weighted by Gasteiger charge is -2.21. The number of hydrogen-bond donors (Lipinski definition) is 0. The van der Waals surface area contributed by atoms with Crippen LogP contribution in [0.3, 0.4) is 0 Å². The molecule has 1 amide bonds. The van der Waals surface area contributed by atoms with Gasteiger partial charge in [0.05, 0.1) is 4.92 Å². The number of non-ortho nitro benzene ring substituents is 1. The van der Waals surface area contributed by atoms with Gasteiger partial charge >= 0.3 is 0 Å². The number of para-hydroxylation sites is 1. The summed E-state index contributed by atoms with van der Waals surface area (Å²) in [6.45, 7) is 2.74. The van der Waals surface area contributed by atoms with E-state index in [-0.39, 0.29) is 11.6 Å². The molecule has 0 aromatic heterocycles. The van der Waals surface area contributed by atoms with Gasteiger partial charge in [0.15, 0.2) is 0 Å². The molecule has 24 heavy (non-hydrogen) atoms. The number of carbonyl (C=O) groups excluding carboxylic acids is 1. The van der Waals surface area contributed by atoms with E-state index in [1.807, 2.05) is 30.3 Å². The van der Waals surface area contributed by atoms with Gasteiger partial charge in [-0.15, -0.1) is 0 Å². The highest BCUT2D eigenvalue weighted by atomic mass is 16.6. The number of rotatable bonds is 7. The summed E-state index contributed by atoms with van der Waals surface area (Å²) in [6, 6.07) is 15.6. The Balaban J connectivity index is 2.13. The third-order valence-corrected chi connectivity index (χ3v) is 3.59. The second-order valence-electron chi connectivity index (χ2n) is 5.36. The quantitative estimate of drug-likeness (QED) is 0.429. The molecular weight excluding hydrogens is 304 g/mol. The molecule has 2 rings (SSSR count). The number of nitrogens with zero attached hydrogens (tertiary/aromatic N) is 2. The Morgan fingerprint density at radius 1 is 1.12 bits per heavy atom. The van der Waals surface area contributed by atoms with Crippen molar-refractivity contribution in [2.75, 3.05) is 11.4 Å². The molecule has 0 aliphatic carbocycles. The molecule has 5 heteroatoms. The van der Waals surface area contributed by atoms with Crippen LogP contribution in [0.15, 0.2) is 60.7 Å². The number of benzene rings is 2. The Morgan fingerprint density at radius 3 is 2.38 bits per heavy atom. The summed E-state index contributed by atoms with van der Waals surface area (Å²) in [4.78, 5) is 24.5. The highest BCUT2D eigenvalue weighted by Gasteiger charge is 2.12. The van der Waals surface area contributed by atoms with Gasteiger partial charge in [-0.3, -0.25) is 14.9 Å². The Labute approximate surface area is 141 Å². The largest absolute Gasteiger partial charge is 0.309 e. The van der Waals surface area contributed by atoms with E-state index in [1.165, 1.54) is 18.2 Å². The first-order valence-electron chi connectivity index (χ1n) is 7.91. The highest BCUT2D eigenvalue weighted by molar-refractivity contribution is 6.03. The van der Waals surface area contributed by atoms with Gasteiger partial charge in [0, 0.05) is 30.4 Å². The molecule has 0 radical (unpaired) electrons. The van der Waals surface area contributed by atoms with E-state index < -0.39 is 4.92 Å². The van der Waals surface area contributed by atoms with Crippen LogP contribution in [-0.2, 0) is 4.79 Å². The van der Waals surface area contributed by atoms with Crippen molar-refractivity contribution in [3.05, 3.63) is 76.4 Å². The molecule has 0 N–H and O–H groups in total. The summed E-state index contributed by atoms with van der Waals surface area (Å²) in [5.74, 6) is -0.104. The van der Waals surface area contributed by atoms with E-state index >= 15 is 0 Å². The van der Waals surface area contributed by atoms with Gasteiger partial charge in [-0.25, -0.2) is 0 Å². The predicted octanol–water partition coefficient (Wildman–Crippen LogP) is 4.44. The smallest absolute Gasteiger partial charge is 0.269 e. The molecule has 0 atom stereocenters. The minimum Gasteiger partial charge on any atom is -0.309 e. The number of nitro groups is 1. The molecule has 0 fully saturated rings. The van der Waals surface area contributed by atoms with E-state index in [9.17, 15) is 14.9 Å². The van der Waals surface area contributed by atoms with Crippen LogP contribution in [0.5, 0.6) is 0 Å². The van der Waals surface area contributed by atoms with Gasteiger partial charge in [-0.2, -0.15) is 0 Å². The lowest BCUT2D eigenvalue weighted by molar-refractivity contribution is -0.384. The zero-order valence-corrected chi connectivity index (χ0v) is 13.6. The maximum atomic E-state index is 12.5. The van der Waals surface area contributed by atoms with Crippen molar-refractivity contribution in [1.29, 1.82) is 0 Å². The normalized spacial score (nSPS) is 10.7. The lowest BCUT2D eigenvalue weighted by Crippen LogP contribution is -2.30. The van der Waals surface area contributed by atoms with Crippen LogP contribution in [0, 0.1) is 10.1 Å². The van der Waals surface area contributed by atoms with Crippen LogP contribution in [0.2, 0.25) is 0 Å². The summed E-state index contributed by atoms with van der Waals surface area (Å²) in [7, 11) is 0. The van der Waals surface area contributed by atoms with Gasteiger partial charge in [0.25, 0.3) is 11.6 Å².